The van der Waals surface area contributed by atoms with Gasteiger partial charge in [-0.15, -0.1) is 0 Å². The summed E-state index contributed by atoms with van der Waals surface area (Å²) in [4.78, 5) is 2.41. The van der Waals surface area contributed by atoms with Gasteiger partial charge in [0, 0.05) is 38.0 Å². The van der Waals surface area contributed by atoms with Gasteiger partial charge in [0.1, 0.15) is 0 Å². The Hall–Kier alpha value is -1.06. The van der Waals surface area contributed by atoms with Crippen molar-refractivity contribution in [2.45, 2.75) is 26.3 Å². The molecule has 2 rings (SSSR count). The summed E-state index contributed by atoms with van der Waals surface area (Å²) >= 11 is 0. The van der Waals surface area contributed by atoms with Crippen molar-refractivity contribution in [1.29, 1.82) is 0 Å². The maximum atomic E-state index is 9.01. The Balaban J connectivity index is 2.10. The van der Waals surface area contributed by atoms with Crippen molar-refractivity contribution >= 4 is 5.69 Å². The monoisotopic (exact) mass is 234 g/mol. The first kappa shape index (κ1) is 12.4. The van der Waals surface area contributed by atoms with Crippen molar-refractivity contribution in [3.63, 3.8) is 0 Å². The Morgan fingerprint density at radius 1 is 1.29 bits per heavy atom. The lowest BCUT2D eigenvalue weighted by atomic mass is 10.1. The summed E-state index contributed by atoms with van der Waals surface area (Å²) in [6.45, 7) is 7.58. The highest BCUT2D eigenvalue weighted by Gasteiger charge is 2.19. The smallest absolute Gasteiger partial charge is 0.0446 e. The molecule has 1 saturated heterocycles. The van der Waals surface area contributed by atoms with Gasteiger partial charge in [0.15, 0.2) is 0 Å². The van der Waals surface area contributed by atoms with Crippen molar-refractivity contribution in [2.24, 2.45) is 0 Å². The molecule has 1 aliphatic rings. The van der Waals surface area contributed by atoms with E-state index < -0.39 is 0 Å². The quantitative estimate of drug-likeness (QED) is 0.831. The molecule has 0 saturated carbocycles. The molecule has 1 aromatic carbocycles. The van der Waals surface area contributed by atoms with Crippen LogP contribution in [0.5, 0.6) is 0 Å². The molecule has 0 bridgehead atoms. The fourth-order valence-corrected chi connectivity index (χ4v) is 2.54. The van der Waals surface area contributed by atoms with E-state index in [1.807, 2.05) is 0 Å². The molecule has 17 heavy (non-hydrogen) atoms. The topological polar surface area (TPSA) is 35.5 Å². The van der Waals surface area contributed by atoms with E-state index in [4.69, 9.17) is 5.11 Å². The molecule has 0 spiro atoms. The van der Waals surface area contributed by atoms with Crippen molar-refractivity contribution in [3.05, 3.63) is 29.3 Å². The van der Waals surface area contributed by atoms with Gasteiger partial charge in [-0.05, 0) is 43.5 Å². The molecule has 1 atom stereocenters. The molecule has 0 aromatic heterocycles. The summed E-state index contributed by atoms with van der Waals surface area (Å²) in [5, 5.41) is 12.5. The molecule has 3 nitrogen and oxygen atoms in total. The van der Waals surface area contributed by atoms with Gasteiger partial charge in [0.25, 0.3) is 0 Å². The Kier molecular flexibility index (Phi) is 4.02. The molecule has 1 heterocycles. The van der Waals surface area contributed by atoms with Crippen LogP contribution in [-0.2, 0) is 0 Å². The highest BCUT2D eigenvalue weighted by atomic mass is 16.3. The van der Waals surface area contributed by atoms with Crippen LogP contribution in [0.2, 0.25) is 0 Å². The molecule has 0 radical (unpaired) electrons. The van der Waals surface area contributed by atoms with Crippen molar-refractivity contribution < 1.29 is 5.11 Å². The molecular formula is C14H22N2O. The number of hydrogen-bond acceptors (Lipinski definition) is 3. The molecular weight excluding hydrogens is 212 g/mol. The first-order valence-electron chi connectivity index (χ1n) is 6.36. The third kappa shape index (κ3) is 3.20. The second kappa shape index (κ2) is 5.52. The van der Waals surface area contributed by atoms with Gasteiger partial charge in [-0.25, -0.2) is 0 Å². The molecule has 1 unspecified atom stereocenters. The van der Waals surface area contributed by atoms with Crippen LogP contribution in [0, 0.1) is 13.8 Å². The average molecular weight is 234 g/mol. The number of aliphatic hydroxyl groups is 1. The Morgan fingerprint density at radius 2 is 2.00 bits per heavy atom. The number of nitrogens with zero attached hydrogens (tertiary/aromatic N) is 1. The SMILES string of the molecule is Cc1cc(C)cc(N2CCNC(CCO)C2)c1. The maximum Gasteiger partial charge on any atom is 0.0446 e. The summed E-state index contributed by atoms with van der Waals surface area (Å²) in [6, 6.07) is 7.11. The lowest BCUT2D eigenvalue weighted by Gasteiger charge is -2.35. The third-order valence-corrected chi connectivity index (χ3v) is 3.30. The fourth-order valence-electron chi connectivity index (χ4n) is 2.54. The molecule has 0 aliphatic carbocycles. The number of nitrogens with one attached hydrogen (secondary N) is 1. The van der Waals surface area contributed by atoms with Crippen molar-refractivity contribution in [3.8, 4) is 0 Å². The minimum absolute atomic E-state index is 0.262. The van der Waals surface area contributed by atoms with E-state index >= 15 is 0 Å². The van der Waals surface area contributed by atoms with Crippen LogP contribution < -0.4 is 10.2 Å². The van der Waals surface area contributed by atoms with Gasteiger partial charge >= 0.3 is 0 Å². The zero-order chi connectivity index (χ0) is 12.3. The predicted octanol–water partition coefficient (Wildman–Crippen LogP) is 1.46. The van der Waals surface area contributed by atoms with Gasteiger partial charge in [-0.2, -0.15) is 0 Å². The van der Waals surface area contributed by atoms with Crippen molar-refractivity contribution in [2.75, 3.05) is 31.1 Å². The fraction of sp³-hybridized carbons (Fsp3) is 0.571. The summed E-state index contributed by atoms with van der Waals surface area (Å²) in [6.07, 6.45) is 0.835. The van der Waals surface area contributed by atoms with Crippen LogP contribution in [0.25, 0.3) is 0 Å². The Labute approximate surface area is 103 Å². The van der Waals surface area contributed by atoms with E-state index in [2.05, 4.69) is 42.3 Å². The van der Waals surface area contributed by atoms with Crippen LogP contribution in [0.15, 0.2) is 18.2 Å². The summed E-state index contributed by atoms with van der Waals surface area (Å²) < 4.78 is 0. The summed E-state index contributed by atoms with van der Waals surface area (Å²) in [5.74, 6) is 0. The highest BCUT2D eigenvalue weighted by Crippen LogP contribution is 2.20. The second-order valence-electron chi connectivity index (χ2n) is 4.96. The van der Waals surface area contributed by atoms with Crippen LogP contribution in [0.4, 0.5) is 5.69 Å². The average Bonchev–Trinajstić information content (AvgIpc) is 2.28. The number of rotatable bonds is 3. The molecule has 1 aliphatic heterocycles. The predicted molar refractivity (Wildman–Crippen MR) is 71.6 cm³/mol. The van der Waals surface area contributed by atoms with Crippen LogP contribution in [-0.4, -0.2) is 37.4 Å². The summed E-state index contributed by atoms with van der Waals surface area (Å²) in [5.41, 5.74) is 3.95. The largest absolute Gasteiger partial charge is 0.396 e. The van der Waals surface area contributed by atoms with Gasteiger partial charge in [0.2, 0.25) is 0 Å². The molecule has 0 amide bonds. The number of hydrogen-bond donors (Lipinski definition) is 2. The Bertz CT molecular complexity index is 356. The van der Waals surface area contributed by atoms with Gasteiger partial charge in [-0.1, -0.05) is 6.07 Å². The highest BCUT2D eigenvalue weighted by molar-refractivity contribution is 5.51. The van der Waals surface area contributed by atoms with E-state index in [1.54, 1.807) is 0 Å². The zero-order valence-electron chi connectivity index (χ0n) is 10.7. The van der Waals surface area contributed by atoms with Crippen LogP contribution in [0.1, 0.15) is 17.5 Å². The summed E-state index contributed by atoms with van der Waals surface area (Å²) in [7, 11) is 0. The molecule has 3 heteroatoms. The number of aryl methyl sites for hydroxylation is 2. The number of anilines is 1. The zero-order valence-corrected chi connectivity index (χ0v) is 10.7. The third-order valence-electron chi connectivity index (χ3n) is 3.30. The van der Waals surface area contributed by atoms with Crippen LogP contribution >= 0.6 is 0 Å². The van der Waals surface area contributed by atoms with E-state index in [-0.39, 0.29) is 6.61 Å². The molecule has 1 aromatic rings. The minimum atomic E-state index is 0.262. The van der Waals surface area contributed by atoms with Gasteiger partial charge < -0.3 is 15.3 Å². The van der Waals surface area contributed by atoms with E-state index in [0.29, 0.717) is 6.04 Å². The van der Waals surface area contributed by atoms with Crippen LogP contribution in [0.3, 0.4) is 0 Å². The van der Waals surface area contributed by atoms with E-state index in [1.165, 1.54) is 16.8 Å². The van der Waals surface area contributed by atoms with Gasteiger partial charge in [0.05, 0.1) is 0 Å². The molecule has 94 valence electrons. The lowest BCUT2D eigenvalue weighted by molar-refractivity contribution is 0.260. The lowest BCUT2D eigenvalue weighted by Crippen LogP contribution is -2.51. The minimum Gasteiger partial charge on any atom is -0.396 e. The standard InChI is InChI=1S/C14H22N2O/c1-11-7-12(2)9-14(8-11)16-5-4-15-13(10-16)3-6-17/h7-9,13,15,17H,3-6,10H2,1-2H3. The first-order valence-corrected chi connectivity index (χ1v) is 6.36. The number of aliphatic hydroxyl groups excluding tert-OH is 1. The second-order valence-corrected chi connectivity index (χ2v) is 4.96. The first-order chi connectivity index (χ1) is 8.19. The Morgan fingerprint density at radius 3 is 2.65 bits per heavy atom. The van der Waals surface area contributed by atoms with Gasteiger partial charge in [-0.3, -0.25) is 0 Å². The van der Waals surface area contributed by atoms with E-state index in [9.17, 15) is 0 Å². The van der Waals surface area contributed by atoms with Crippen molar-refractivity contribution in [1.82, 2.24) is 5.32 Å². The molecule has 1 fully saturated rings. The maximum absolute atomic E-state index is 9.01. The number of benzene rings is 1. The molecule has 2 N–H and O–H groups in total. The van der Waals surface area contributed by atoms with E-state index in [0.717, 1.165) is 26.1 Å². The normalized spacial score (nSPS) is 20.6. The number of piperazine rings is 1.